The average Bonchev–Trinajstić information content (AvgIpc) is 3.40. The zero-order chi connectivity index (χ0) is 18.1. The molecule has 130 valence electrons. The molecule has 1 heterocycles. The molecular formula is C19H20N2O4. The quantitative estimate of drug-likeness (QED) is 0.816. The standard InChI is InChI=1S/C19H20N2O4/c1-3-24-19(23)16-10(2)25-18(21)14(9-20)17(16)13-8-12(11-4-5-11)6-7-15(13)22/h6-8,11,17,22H,3-5,21H2,1-2H3. The Morgan fingerprint density at radius 3 is 2.80 bits per heavy atom. The van der Waals surface area contributed by atoms with Crippen molar-refractivity contribution >= 4 is 5.97 Å². The molecule has 6 heteroatoms. The number of ether oxygens (including phenoxy) is 2. The lowest BCUT2D eigenvalue weighted by molar-refractivity contribution is -0.139. The summed E-state index contributed by atoms with van der Waals surface area (Å²) in [6.07, 6.45) is 2.20. The number of hydrogen-bond acceptors (Lipinski definition) is 6. The Kier molecular flexibility index (Phi) is 4.41. The first-order valence-electron chi connectivity index (χ1n) is 8.26. The van der Waals surface area contributed by atoms with Crippen molar-refractivity contribution in [3.8, 4) is 11.8 Å². The number of aromatic hydroxyl groups is 1. The van der Waals surface area contributed by atoms with Crippen LogP contribution in [0, 0.1) is 11.3 Å². The smallest absolute Gasteiger partial charge is 0.338 e. The highest BCUT2D eigenvalue weighted by atomic mass is 16.5. The summed E-state index contributed by atoms with van der Waals surface area (Å²) in [6.45, 7) is 3.49. The minimum absolute atomic E-state index is 0.00597. The van der Waals surface area contributed by atoms with Crippen molar-refractivity contribution in [2.75, 3.05) is 6.61 Å². The van der Waals surface area contributed by atoms with Gasteiger partial charge in [-0.05, 0) is 44.2 Å². The molecule has 1 fully saturated rings. The second-order valence-electron chi connectivity index (χ2n) is 6.21. The molecule has 0 amide bonds. The lowest BCUT2D eigenvalue weighted by atomic mass is 9.81. The number of carbonyl (C=O) groups is 1. The molecule has 0 radical (unpaired) electrons. The van der Waals surface area contributed by atoms with Crippen molar-refractivity contribution in [1.29, 1.82) is 5.26 Å². The maximum atomic E-state index is 12.5. The zero-order valence-corrected chi connectivity index (χ0v) is 14.2. The molecule has 1 aromatic carbocycles. The molecule has 1 aliphatic heterocycles. The highest BCUT2D eigenvalue weighted by Gasteiger charge is 2.38. The van der Waals surface area contributed by atoms with E-state index in [1.807, 2.05) is 18.2 Å². The van der Waals surface area contributed by atoms with Gasteiger partial charge in [0.15, 0.2) is 0 Å². The molecule has 2 aliphatic rings. The van der Waals surface area contributed by atoms with Gasteiger partial charge in [-0.2, -0.15) is 5.26 Å². The second kappa shape index (κ2) is 6.52. The molecule has 25 heavy (non-hydrogen) atoms. The van der Waals surface area contributed by atoms with Gasteiger partial charge in [-0.25, -0.2) is 4.79 Å². The van der Waals surface area contributed by atoms with Crippen LogP contribution in [0.4, 0.5) is 0 Å². The van der Waals surface area contributed by atoms with Crippen LogP contribution in [-0.2, 0) is 14.3 Å². The summed E-state index contributed by atoms with van der Waals surface area (Å²) in [5, 5.41) is 20.0. The number of esters is 1. The number of phenols is 1. The van der Waals surface area contributed by atoms with Gasteiger partial charge in [-0.15, -0.1) is 0 Å². The van der Waals surface area contributed by atoms with E-state index in [-0.39, 0.29) is 35.1 Å². The molecule has 0 saturated heterocycles. The summed E-state index contributed by atoms with van der Waals surface area (Å²) < 4.78 is 10.5. The fraction of sp³-hybridized carbons (Fsp3) is 0.368. The van der Waals surface area contributed by atoms with Gasteiger partial charge in [0, 0.05) is 5.56 Å². The van der Waals surface area contributed by atoms with E-state index in [2.05, 4.69) is 0 Å². The van der Waals surface area contributed by atoms with E-state index in [1.54, 1.807) is 19.9 Å². The van der Waals surface area contributed by atoms with Crippen LogP contribution in [-0.4, -0.2) is 17.7 Å². The molecule has 6 nitrogen and oxygen atoms in total. The van der Waals surface area contributed by atoms with Crippen LogP contribution in [0.25, 0.3) is 0 Å². The number of nitriles is 1. The first kappa shape index (κ1) is 16.9. The molecule has 1 aromatic rings. The van der Waals surface area contributed by atoms with Crippen molar-refractivity contribution in [3.63, 3.8) is 0 Å². The van der Waals surface area contributed by atoms with Crippen LogP contribution in [0.5, 0.6) is 5.75 Å². The minimum Gasteiger partial charge on any atom is -0.508 e. The van der Waals surface area contributed by atoms with Crippen molar-refractivity contribution in [2.24, 2.45) is 5.73 Å². The number of nitrogens with zero attached hydrogens (tertiary/aromatic N) is 1. The van der Waals surface area contributed by atoms with Gasteiger partial charge in [-0.3, -0.25) is 0 Å². The molecule has 1 unspecified atom stereocenters. The van der Waals surface area contributed by atoms with Gasteiger partial charge in [-0.1, -0.05) is 12.1 Å². The van der Waals surface area contributed by atoms with Crippen LogP contribution in [0.15, 0.2) is 41.0 Å². The number of carbonyl (C=O) groups excluding carboxylic acids is 1. The van der Waals surface area contributed by atoms with Crippen molar-refractivity contribution in [3.05, 3.63) is 52.1 Å². The van der Waals surface area contributed by atoms with Gasteiger partial charge in [0.25, 0.3) is 0 Å². The number of benzene rings is 1. The van der Waals surface area contributed by atoms with E-state index in [4.69, 9.17) is 15.2 Å². The van der Waals surface area contributed by atoms with Gasteiger partial charge >= 0.3 is 5.97 Å². The first-order valence-corrected chi connectivity index (χ1v) is 8.26. The average molecular weight is 340 g/mol. The topological polar surface area (TPSA) is 106 Å². The molecule has 3 rings (SSSR count). The van der Waals surface area contributed by atoms with Crippen molar-refractivity contribution in [1.82, 2.24) is 0 Å². The van der Waals surface area contributed by atoms with Crippen molar-refractivity contribution in [2.45, 2.75) is 38.5 Å². The Bertz CT molecular complexity index is 828. The minimum atomic E-state index is -0.809. The van der Waals surface area contributed by atoms with Crippen LogP contribution < -0.4 is 5.73 Å². The van der Waals surface area contributed by atoms with Crippen LogP contribution >= 0.6 is 0 Å². The van der Waals surface area contributed by atoms with E-state index >= 15 is 0 Å². The molecule has 3 N–H and O–H groups in total. The molecule has 0 aromatic heterocycles. The third-order valence-electron chi connectivity index (χ3n) is 4.51. The largest absolute Gasteiger partial charge is 0.508 e. The number of phenolic OH excluding ortho intramolecular Hbond substituents is 1. The monoisotopic (exact) mass is 340 g/mol. The summed E-state index contributed by atoms with van der Waals surface area (Å²) in [5.74, 6) is -0.711. The third-order valence-corrected chi connectivity index (χ3v) is 4.51. The van der Waals surface area contributed by atoms with Crippen LogP contribution in [0.1, 0.15) is 49.7 Å². The molecule has 0 bridgehead atoms. The summed E-state index contributed by atoms with van der Waals surface area (Å²) in [4.78, 5) is 12.5. The van der Waals surface area contributed by atoms with E-state index in [1.165, 1.54) is 0 Å². The summed E-state index contributed by atoms with van der Waals surface area (Å²) >= 11 is 0. The Morgan fingerprint density at radius 2 is 2.20 bits per heavy atom. The predicted molar refractivity (Wildman–Crippen MR) is 90.1 cm³/mol. The Balaban J connectivity index is 2.16. The number of rotatable bonds is 4. The fourth-order valence-electron chi connectivity index (χ4n) is 3.14. The molecule has 1 saturated carbocycles. The van der Waals surface area contributed by atoms with Gasteiger partial charge < -0.3 is 20.3 Å². The number of allylic oxidation sites excluding steroid dienone is 2. The van der Waals surface area contributed by atoms with E-state index in [9.17, 15) is 15.2 Å². The maximum absolute atomic E-state index is 12.5. The normalized spacial score (nSPS) is 20.1. The van der Waals surface area contributed by atoms with Gasteiger partial charge in [0.05, 0.1) is 18.1 Å². The Hall–Kier alpha value is -2.94. The second-order valence-corrected chi connectivity index (χ2v) is 6.21. The zero-order valence-electron chi connectivity index (χ0n) is 14.2. The van der Waals surface area contributed by atoms with Gasteiger partial charge in [0.2, 0.25) is 5.88 Å². The summed E-state index contributed by atoms with van der Waals surface area (Å²) in [7, 11) is 0. The Labute approximate surface area is 146 Å². The van der Waals surface area contributed by atoms with Crippen LogP contribution in [0.3, 0.4) is 0 Å². The van der Waals surface area contributed by atoms with E-state index < -0.39 is 11.9 Å². The van der Waals surface area contributed by atoms with Gasteiger partial charge in [0.1, 0.15) is 23.2 Å². The lowest BCUT2D eigenvalue weighted by Crippen LogP contribution is -2.25. The van der Waals surface area contributed by atoms with E-state index in [0.717, 1.165) is 18.4 Å². The summed E-state index contributed by atoms with van der Waals surface area (Å²) in [5.41, 5.74) is 7.70. The van der Waals surface area contributed by atoms with Crippen molar-refractivity contribution < 1.29 is 19.4 Å². The predicted octanol–water partition coefficient (Wildman–Crippen LogP) is 2.91. The molecule has 1 aliphatic carbocycles. The fourth-order valence-corrected chi connectivity index (χ4v) is 3.14. The lowest BCUT2D eigenvalue weighted by Gasteiger charge is -2.27. The maximum Gasteiger partial charge on any atom is 0.338 e. The van der Waals surface area contributed by atoms with E-state index in [0.29, 0.717) is 11.5 Å². The van der Waals surface area contributed by atoms with Crippen LogP contribution in [0.2, 0.25) is 0 Å². The summed E-state index contributed by atoms with van der Waals surface area (Å²) in [6, 6.07) is 7.33. The molecular weight excluding hydrogens is 320 g/mol. The SMILES string of the molecule is CCOC(=O)C1=C(C)OC(N)=C(C#N)C1c1cc(C2CC2)ccc1O. The highest BCUT2D eigenvalue weighted by molar-refractivity contribution is 5.92. The first-order chi connectivity index (χ1) is 12.0. The molecule has 0 spiro atoms. The number of hydrogen-bond donors (Lipinski definition) is 2. The molecule has 1 atom stereocenters. The Morgan fingerprint density at radius 1 is 1.48 bits per heavy atom. The number of nitrogens with two attached hydrogens (primary N) is 1. The highest BCUT2D eigenvalue weighted by Crippen LogP contribution is 2.46. The third kappa shape index (κ3) is 3.05.